The lowest BCUT2D eigenvalue weighted by atomic mass is 9.95. The van der Waals surface area contributed by atoms with Gasteiger partial charge in [-0.3, -0.25) is 9.59 Å². The van der Waals surface area contributed by atoms with Crippen LogP contribution in [-0.2, 0) is 9.59 Å². The molecule has 0 radical (unpaired) electrons. The predicted molar refractivity (Wildman–Crippen MR) is 111 cm³/mol. The molecule has 1 saturated heterocycles. The summed E-state index contributed by atoms with van der Waals surface area (Å²) >= 11 is 0. The molecule has 1 aromatic heterocycles. The number of hydrogen-bond acceptors (Lipinski definition) is 5. The number of rotatable bonds is 5. The number of hydrogen-bond donors (Lipinski definition) is 1. The van der Waals surface area contributed by atoms with E-state index in [1.54, 1.807) is 25.1 Å². The summed E-state index contributed by atoms with van der Waals surface area (Å²) in [6, 6.07) is 8.95. The molecule has 7 heteroatoms. The van der Waals surface area contributed by atoms with Gasteiger partial charge in [0.05, 0.1) is 0 Å². The molecular weight excluding hydrogens is 368 g/mol. The Bertz CT molecular complexity index is 933. The third kappa shape index (κ3) is 5.40. The van der Waals surface area contributed by atoms with Crippen molar-refractivity contribution >= 4 is 17.5 Å². The third-order valence-corrected chi connectivity index (χ3v) is 4.74. The van der Waals surface area contributed by atoms with Crippen LogP contribution in [0, 0.1) is 6.92 Å². The van der Waals surface area contributed by atoms with Crippen LogP contribution in [-0.4, -0.2) is 39.8 Å². The Labute approximate surface area is 170 Å². The van der Waals surface area contributed by atoms with Crippen LogP contribution in [0.1, 0.15) is 44.1 Å². The van der Waals surface area contributed by atoms with Gasteiger partial charge in [0.2, 0.25) is 17.7 Å². The van der Waals surface area contributed by atoms with Crippen molar-refractivity contribution in [2.24, 2.45) is 0 Å². The normalized spacial score (nSPS) is 14.4. The molecule has 0 bridgehead atoms. The molecule has 152 valence electrons. The number of aryl methyl sites for hydroxylation is 1. The minimum Gasteiger partial charge on any atom is -0.439 e. The summed E-state index contributed by atoms with van der Waals surface area (Å²) in [5, 5.41) is 2.74. The highest BCUT2D eigenvalue weighted by molar-refractivity contribution is 5.92. The molecule has 0 saturated carbocycles. The van der Waals surface area contributed by atoms with E-state index in [-0.39, 0.29) is 17.7 Å². The SMILES string of the molecule is C=C(C)C(=O)N1CCC(c2nc(C)cc(Oc3cccc(NC(C)=O)c3)n2)CC1. The number of ether oxygens (including phenoxy) is 1. The van der Waals surface area contributed by atoms with Gasteiger partial charge in [-0.25, -0.2) is 4.98 Å². The van der Waals surface area contributed by atoms with Gasteiger partial charge in [-0.1, -0.05) is 12.6 Å². The summed E-state index contributed by atoms with van der Waals surface area (Å²) in [7, 11) is 0. The maximum absolute atomic E-state index is 12.1. The summed E-state index contributed by atoms with van der Waals surface area (Å²) in [6.07, 6.45) is 1.61. The van der Waals surface area contributed by atoms with Crippen molar-refractivity contribution in [3.05, 3.63) is 54.0 Å². The number of likely N-dealkylation sites (tertiary alicyclic amines) is 1. The first kappa shape index (κ1) is 20.5. The summed E-state index contributed by atoms with van der Waals surface area (Å²) in [5.74, 6) is 1.84. The quantitative estimate of drug-likeness (QED) is 0.780. The lowest BCUT2D eigenvalue weighted by Crippen LogP contribution is -2.38. The maximum Gasteiger partial charge on any atom is 0.248 e. The Hall–Kier alpha value is -3.22. The summed E-state index contributed by atoms with van der Waals surface area (Å²) in [4.78, 5) is 34.4. The molecule has 0 spiro atoms. The summed E-state index contributed by atoms with van der Waals surface area (Å²) < 4.78 is 5.93. The Morgan fingerprint density at radius 1 is 1.17 bits per heavy atom. The number of anilines is 1. The van der Waals surface area contributed by atoms with Gasteiger partial charge >= 0.3 is 0 Å². The van der Waals surface area contributed by atoms with E-state index in [2.05, 4.69) is 21.9 Å². The smallest absolute Gasteiger partial charge is 0.248 e. The number of aromatic nitrogens is 2. The third-order valence-electron chi connectivity index (χ3n) is 4.74. The van der Waals surface area contributed by atoms with Crippen LogP contribution in [0.25, 0.3) is 0 Å². The van der Waals surface area contributed by atoms with Crippen LogP contribution >= 0.6 is 0 Å². The Balaban J connectivity index is 1.72. The van der Waals surface area contributed by atoms with E-state index >= 15 is 0 Å². The van der Waals surface area contributed by atoms with Crippen molar-refractivity contribution in [3.8, 4) is 11.6 Å². The van der Waals surface area contributed by atoms with E-state index in [1.807, 2.05) is 24.0 Å². The largest absolute Gasteiger partial charge is 0.439 e. The minimum atomic E-state index is -0.140. The molecular formula is C22H26N4O3. The van der Waals surface area contributed by atoms with Crippen molar-refractivity contribution in [2.45, 2.75) is 39.5 Å². The van der Waals surface area contributed by atoms with Gasteiger partial charge in [-0.05, 0) is 38.8 Å². The van der Waals surface area contributed by atoms with E-state index in [1.165, 1.54) is 6.92 Å². The Morgan fingerprint density at radius 2 is 1.90 bits per heavy atom. The summed E-state index contributed by atoms with van der Waals surface area (Å²) in [5.41, 5.74) is 2.05. The maximum atomic E-state index is 12.1. The highest BCUT2D eigenvalue weighted by atomic mass is 16.5. The number of nitrogens with one attached hydrogen (secondary N) is 1. The van der Waals surface area contributed by atoms with Crippen LogP contribution in [0.5, 0.6) is 11.6 Å². The van der Waals surface area contributed by atoms with Crippen LogP contribution in [0.15, 0.2) is 42.5 Å². The Kier molecular flexibility index (Phi) is 6.26. The topological polar surface area (TPSA) is 84.4 Å². The van der Waals surface area contributed by atoms with Gasteiger partial charge in [0.15, 0.2) is 0 Å². The molecule has 2 aromatic rings. The fourth-order valence-electron chi connectivity index (χ4n) is 3.37. The van der Waals surface area contributed by atoms with Gasteiger partial charge in [0, 0.05) is 55.0 Å². The first-order chi connectivity index (χ1) is 13.8. The average molecular weight is 394 g/mol. The zero-order valence-corrected chi connectivity index (χ0v) is 17.1. The highest BCUT2D eigenvalue weighted by Gasteiger charge is 2.26. The van der Waals surface area contributed by atoms with Crippen LogP contribution in [0.3, 0.4) is 0 Å². The Morgan fingerprint density at radius 3 is 2.55 bits per heavy atom. The fraction of sp³-hybridized carbons (Fsp3) is 0.364. The molecule has 0 unspecified atom stereocenters. The average Bonchev–Trinajstić information content (AvgIpc) is 2.67. The monoisotopic (exact) mass is 394 g/mol. The van der Waals surface area contributed by atoms with Crippen molar-refractivity contribution in [3.63, 3.8) is 0 Å². The van der Waals surface area contributed by atoms with Gasteiger partial charge < -0.3 is 15.0 Å². The van der Waals surface area contributed by atoms with Gasteiger partial charge in [-0.2, -0.15) is 4.98 Å². The van der Waals surface area contributed by atoms with Crippen molar-refractivity contribution in [1.82, 2.24) is 14.9 Å². The zero-order valence-electron chi connectivity index (χ0n) is 17.1. The molecule has 1 aliphatic heterocycles. The fourth-order valence-corrected chi connectivity index (χ4v) is 3.37. The van der Waals surface area contributed by atoms with Crippen molar-refractivity contribution in [1.29, 1.82) is 0 Å². The molecule has 3 rings (SSSR count). The van der Waals surface area contributed by atoms with Crippen molar-refractivity contribution < 1.29 is 14.3 Å². The molecule has 1 N–H and O–H groups in total. The number of carbonyl (C=O) groups is 2. The van der Waals surface area contributed by atoms with E-state index in [0.29, 0.717) is 36.0 Å². The van der Waals surface area contributed by atoms with Crippen LogP contribution in [0.4, 0.5) is 5.69 Å². The van der Waals surface area contributed by atoms with Crippen LogP contribution in [0.2, 0.25) is 0 Å². The molecule has 1 fully saturated rings. The van der Waals surface area contributed by atoms with Crippen LogP contribution < -0.4 is 10.1 Å². The molecule has 29 heavy (non-hydrogen) atoms. The van der Waals surface area contributed by atoms with Gasteiger partial charge in [0.25, 0.3) is 0 Å². The van der Waals surface area contributed by atoms with E-state index < -0.39 is 0 Å². The second-order valence-electron chi connectivity index (χ2n) is 7.36. The molecule has 1 aromatic carbocycles. The van der Waals surface area contributed by atoms with Gasteiger partial charge in [-0.15, -0.1) is 0 Å². The number of benzene rings is 1. The standard InChI is InChI=1S/C22H26N4O3/c1-14(2)22(28)26-10-8-17(9-11-26)21-23-15(3)12-20(25-21)29-19-7-5-6-18(13-19)24-16(4)27/h5-7,12-13,17H,1,8-11H2,2-4H3,(H,24,27). The molecule has 1 aliphatic rings. The number of amides is 2. The second-order valence-corrected chi connectivity index (χ2v) is 7.36. The van der Waals surface area contributed by atoms with Crippen molar-refractivity contribution in [2.75, 3.05) is 18.4 Å². The lowest BCUT2D eigenvalue weighted by Gasteiger charge is -2.31. The van der Waals surface area contributed by atoms with E-state index in [4.69, 9.17) is 4.74 Å². The zero-order chi connectivity index (χ0) is 21.0. The number of nitrogens with zero attached hydrogens (tertiary/aromatic N) is 3. The molecule has 2 amide bonds. The molecule has 2 heterocycles. The molecule has 0 aliphatic carbocycles. The predicted octanol–water partition coefficient (Wildman–Crippen LogP) is 3.82. The van der Waals surface area contributed by atoms with E-state index in [9.17, 15) is 9.59 Å². The highest BCUT2D eigenvalue weighted by Crippen LogP contribution is 2.29. The molecule has 0 atom stereocenters. The number of carbonyl (C=O) groups excluding carboxylic acids is 2. The summed E-state index contributed by atoms with van der Waals surface area (Å²) in [6.45, 7) is 10.2. The molecule has 7 nitrogen and oxygen atoms in total. The van der Waals surface area contributed by atoms with E-state index in [0.717, 1.165) is 24.4 Å². The second kappa shape index (κ2) is 8.86. The number of piperidine rings is 1. The lowest BCUT2D eigenvalue weighted by molar-refractivity contribution is -0.128. The first-order valence-corrected chi connectivity index (χ1v) is 9.67. The van der Waals surface area contributed by atoms with Gasteiger partial charge in [0.1, 0.15) is 11.6 Å². The first-order valence-electron chi connectivity index (χ1n) is 9.67. The minimum absolute atomic E-state index is 0.0108.